The molecule has 44 heavy (non-hydrogen) atoms. The number of thioether (sulfide) groups is 1. The first-order valence-electron chi connectivity index (χ1n) is 13.9. The molecule has 218 valence electrons. The Labute approximate surface area is 264 Å². The number of nitriles is 1. The number of imidazole rings is 1. The van der Waals surface area contributed by atoms with Crippen LogP contribution in [0.2, 0.25) is 0 Å². The number of rotatable bonds is 12. The largest absolute Gasteiger partial charge is 0.493 e. The van der Waals surface area contributed by atoms with Crippen molar-refractivity contribution in [3.8, 4) is 45.0 Å². The van der Waals surface area contributed by atoms with Crippen molar-refractivity contribution in [3.63, 3.8) is 0 Å². The number of hydrogen-bond donors (Lipinski definition) is 1. The van der Waals surface area contributed by atoms with Crippen LogP contribution in [-0.4, -0.2) is 32.4 Å². The van der Waals surface area contributed by atoms with Crippen LogP contribution in [0.15, 0.2) is 114 Å². The number of para-hydroxylation sites is 1. The van der Waals surface area contributed by atoms with Gasteiger partial charge in [-0.1, -0.05) is 36.4 Å². The minimum Gasteiger partial charge on any atom is -0.493 e. The Morgan fingerprint density at radius 2 is 1.80 bits per heavy atom. The number of thiophene rings is 1. The third-order valence-corrected chi connectivity index (χ3v) is 8.97. The molecule has 6 rings (SSSR count). The van der Waals surface area contributed by atoms with Gasteiger partial charge in [0.1, 0.15) is 23.3 Å². The SMILES string of the molecule is CSc1sc(-c2ccnc(Nc3cccc(OCCCn4ccnc4)c3)n2)c(-c2cccc(Oc3ccccc3)c2)c1C#N. The zero-order chi connectivity index (χ0) is 30.1. The first-order valence-corrected chi connectivity index (χ1v) is 16.0. The van der Waals surface area contributed by atoms with E-state index < -0.39 is 0 Å². The van der Waals surface area contributed by atoms with Crippen LogP contribution in [0.3, 0.4) is 0 Å². The predicted octanol–water partition coefficient (Wildman–Crippen LogP) is 8.67. The van der Waals surface area contributed by atoms with Gasteiger partial charge >= 0.3 is 0 Å². The van der Waals surface area contributed by atoms with Crippen molar-refractivity contribution < 1.29 is 9.47 Å². The second-order valence-electron chi connectivity index (χ2n) is 9.65. The van der Waals surface area contributed by atoms with E-state index in [1.807, 2.05) is 102 Å². The molecule has 0 bridgehead atoms. The summed E-state index contributed by atoms with van der Waals surface area (Å²) in [6.07, 6.45) is 10.1. The minimum absolute atomic E-state index is 0.449. The van der Waals surface area contributed by atoms with Crippen LogP contribution in [0, 0.1) is 11.3 Å². The van der Waals surface area contributed by atoms with E-state index in [0.29, 0.717) is 23.9 Å². The maximum absolute atomic E-state index is 10.2. The second kappa shape index (κ2) is 13.9. The number of nitrogens with zero attached hydrogens (tertiary/aromatic N) is 5. The summed E-state index contributed by atoms with van der Waals surface area (Å²) in [6, 6.07) is 29.5. The first-order chi connectivity index (χ1) is 21.7. The van der Waals surface area contributed by atoms with Gasteiger partial charge in [-0.25, -0.2) is 15.0 Å². The molecule has 0 fully saturated rings. The highest BCUT2D eigenvalue weighted by atomic mass is 32.2. The molecule has 3 aromatic carbocycles. The Morgan fingerprint density at radius 3 is 2.61 bits per heavy atom. The fourth-order valence-electron chi connectivity index (χ4n) is 4.65. The van der Waals surface area contributed by atoms with E-state index in [-0.39, 0.29) is 0 Å². The van der Waals surface area contributed by atoms with Gasteiger partial charge < -0.3 is 19.4 Å². The van der Waals surface area contributed by atoms with Crippen LogP contribution < -0.4 is 14.8 Å². The van der Waals surface area contributed by atoms with Gasteiger partial charge in [-0.15, -0.1) is 23.1 Å². The summed E-state index contributed by atoms with van der Waals surface area (Å²) < 4.78 is 15.0. The fraction of sp³-hybridized carbons (Fsp3) is 0.118. The lowest BCUT2D eigenvalue weighted by Gasteiger charge is -2.11. The molecule has 0 unspecified atom stereocenters. The number of anilines is 2. The van der Waals surface area contributed by atoms with Crippen LogP contribution in [0.4, 0.5) is 11.6 Å². The van der Waals surface area contributed by atoms with Crippen molar-refractivity contribution >= 4 is 34.7 Å². The number of benzene rings is 3. The molecule has 10 heteroatoms. The lowest BCUT2D eigenvalue weighted by molar-refractivity contribution is 0.302. The average molecular weight is 617 g/mol. The number of nitrogens with one attached hydrogen (secondary N) is 1. The van der Waals surface area contributed by atoms with Gasteiger partial charge in [0.25, 0.3) is 0 Å². The average Bonchev–Trinajstić information content (AvgIpc) is 3.72. The molecule has 0 atom stereocenters. The van der Waals surface area contributed by atoms with Gasteiger partial charge in [0.05, 0.1) is 33.3 Å². The summed E-state index contributed by atoms with van der Waals surface area (Å²) in [7, 11) is 0. The molecular weight excluding hydrogens is 589 g/mol. The number of aryl methyl sites for hydroxylation is 1. The Hall–Kier alpha value is -5.11. The standard InChI is InChI=1S/C34H28N6O2S2/c1-43-33-29(22-35)31(24-8-5-13-28(20-24)42-26-10-3-2-4-11-26)32(44-33)30-14-15-37-34(39-30)38-25-9-6-12-27(21-25)41-19-7-17-40-18-16-36-23-40/h2-6,8-16,18,20-21,23H,7,17,19H2,1H3,(H,37,38,39). The third kappa shape index (κ3) is 6.92. The summed E-state index contributed by atoms with van der Waals surface area (Å²) in [5.74, 6) is 2.65. The van der Waals surface area contributed by atoms with Crippen LogP contribution in [0.25, 0.3) is 21.7 Å². The molecule has 0 aliphatic rings. The zero-order valence-corrected chi connectivity index (χ0v) is 25.5. The molecular formula is C34H28N6O2S2. The summed E-state index contributed by atoms with van der Waals surface area (Å²) in [6.45, 7) is 1.44. The molecule has 3 heterocycles. The molecule has 0 radical (unpaired) electrons. The van der Waals surface area contributed by atoms with Crippen molar-refractivity contribution in [1.29, 1.82) is 5.26 Å². The summed E-state index contributed by atoms with van der Waals surface area (Å²) in [5.41, 5.74) is 3.87. The topological polar surface area (TPSA) is 97.9 Å². The summed E-state index contributed by atoms with van der Waals surface area (Å²) >= 11 is 3.11. The van der Waals surface area contributed by atoms with Crippen LogP contribution in [0.5, 0.6) is 17.2 Å². The van der Waals surface area contributed by atoms with Gasteiger partial charge in [-0.05, 0) is 60.7 Å². The summed E-state index contributed by atoms with van der Waals surface area (Å²) in [4.78, 5) is 14.3. The quantitative estimate of drug-likeness (QED) is 0.108. The molecule has 8 nitrogen and oxygen atoms in total. The van der Waals surface area contributed by atoms with Crippen LogP contribution in [-0.2, 0) is 6.54 Å². The van der Waals surface area contributed by atoms with Gasteiger partial charge in [-0.3, -0.25) is 0 Å². The number of aromatic nitrogens is 4. The molecule has 3 aromatic heterocycles. The Kier molecular flexibility index (Phi) is 9.16. The first kappa shape index (κ1) is 29.0. The predicted molar refractivity (Wildman–Crippen MR) is 176 cm³/mol. The van der Waals surface area contributed by atoms with Gasteiger partial charge in [-0.2, -0.15) is 5.26 Å². The smallest absolute Gasteiger partial charge is 0.227 e. The van der Waals surface area contributed by atoms with Gasteiger partial charge in [0.2, 0.25) is 5.95 Å². The summed E-state index contributed by atoms with van der Waals surface area (Å²) in [5, 5.41) is 13.5. The molecule has 0 saturated carbocycles. The zero-order valence-electron chi connectivity index (χ0n) is 23.9. The van der Waals surface area contributed by atoms with E-state index >= 15 is 0 Å². The molecule has 0 amide bonds. The highest BCUT2D eigenvalue weighted by Crippen LogP contribution is 2.46. The van der Waals surface area contributed by atoms with Gasteiger partial charge in [0, 0.05) is 42.5 Å². The Morgan fingerprint density at radius 1 is 0.955 bits per heavy atom. The normalized spacial score (nSPS) is 10.7. The van der Waals surface area contributed by atoms with Crippen LogP contribution >= 0.6 is 23.1 Å². The maximum Gasteiger partial charge on any atom is 0.227 e. The van der Waals surface area contributed by atoms with Crippen LogP contribution in [0.1, 0.15) is 12.0 Å². The van der Waals surface area contributed by atoms with E-state index in [4.69, 9.17) is 14.5 Å². The Balaban J connectivity index is 1.24. The number of ether oxygens (including phenoxy) is 2. The van der Waals surface area contributed by atoms with E-state index in [0.717, 1.165) is 56.1 Å². The Bertz CT molecular complexity index is 1880. The second-order valence-corrected chi connectivity index (χ2v) is 11.7. The van der Waals surface area contributed by atoms with E-state index in [2.05, 4.69) is 21.4 Å². The molecule has 0 saturated heterocycles. The third-order valence-electron chi connectivity index (χ3n) is 6.64. The lowest BCUT2D eigenvalue weighted by atomic mass is 10.0. The van der Waals surface area contributed by atoms with Crippen molar-refractivity contribution in [3.05, 3.63) is 115 Å². The van der Waals surface area contributed by atoms with E-state index in [1.54, 1.807) is 41.8 Å². The minimum atomic E-state index is 0.449. The van der Waals surface area contributed by atoms with E-state index in [1.165, 1.54) is 0 Å². The van der Waals surface area contributed by atoms with E-state index in [9.17, 15) is 5.26 Å². The number of hydrogen-bond acceptors (Lipinski definition) is 9. The maximum atomic E-state index is 10.2. The van der Waals surface area contributed by atoms with Crippen molar-refractivity contribution in [1.82, 2.24) is 19.5 Å². The molecule has 6 aromatic rings. The monoisotopic (exact) mass is 616 g/mol. The highest BCUT2D eigenvalue weighted by Gasteiger charge is 2.22. The molecule has 1 N–H and O–H groups in total. The lowest BCUT2D eigenvalue weighted by Crippen LogP contribution is -2.03. The molecule has 0 aliphatic heterocycles. The van der Waals surface area contributed by atoms with Gasteiger partial charge in [0.15, 0.2) is 0 Å². The highest BCUT2D eigenvalue weighted by molar-refractivity contribution is 8.00. The fourth-order valence-corrected chi connectivity index (χ4v) is 6.56. The van der Waals surface area contributed by atoms with Crippen molar-refractivity contribution in [2.75, 3.05) is 18.2 Å². The van der Waals surface area contributed by atoms with Crippen molar-refractivity contribution in [2.24, 2.45) is 0 Å². The molecule has 0 aliphatic carbocycles. The molecule has 0 spiro atoms. The van der Waals surface area contributed by atoms with Crippen molar-refractivity contribution in [2.45, 2.75) is 17.2 Å².